The molecule has 0 atom stereocenters. The lowest BCUT2D eigenvalue weighted by Gasteiger charge is -2.32. The van der Waals surface area contributed by atoms with Crippen LogP contribution in [0.2, 0.25) is 0 Å². The molecule has 0 radical (unpaired) electrons. The molecule has 1 amide bonds. The van der Waals surface area contributed by atoms with Crippen LogP contribution in [0, 0.1) is 0 Å². The molecule has 21 heavy (non-hydrogen) atoms. The maximum absolute atomic E-state index is 11.9. The number of carbonyl (C=O) groups excluding carboxylic acids is 1. The van der Waals surface area contributed by atoms with E-state index in [0.717, 1.165) is 43.2 Å². The average Bonchev–Trinajstić information content (AvgIpc) is 3.32. The van der Waals surface area contributed by atoms with Crippen LogP contribution in [0.3, 0.4) is 0 Å². The van der Waals surface area contributed by atoms with Gasteiger partial charge in [0.15, 0.2) is 0 Å². The second kappa shape index (κ2) is 6.31. The molecule has 2 fully saturated rings. The molecule has 0 aromatic heterocycles. The monoisotopic (exact) mass is 285 g/mol. The van der Waals surface area contributed by atoms with E-state index < -0.39 is 0 Å². The molecule has 1 aliphatic carbocycles. The van der Waals surface area contributed by atoms with Crippen LogP contribution in [0.1, 0.15) is 31.2 Å². The lowest BCUT2D eigenvalue weighted by atomic mass is 10.0. The van der Waals surface area contributed by atoms with Crippen molar-refractivity contribution in [3.05, 3.63) is 35.9 Å². The van der Waals surface area contributed by atoms with Crippen molar-refractivity contribution >= 4 is 17.7 Å². The van der Waals surface area contributed by atoms with Gasteiger partial charge in [-0.25, -0.2) is 0 Å². The molecule has 3 N–H and O–H groups in total. The van der Waals surface area contributed by atoms with Crippen LogP contribution in [-0.4, -0.2) is 36.0 Å². The molecule has 112 valence electrons. The second-order valence-corrected chi connectivity index (χ2v) is 6.05. The molecule has 1 heterocycles. The molecule has 1 saturated heterocycles. The Morgan fingerprint density at radius 2 is 1.81 bits per heavy atom. The summed E-state index contributed by atoms with van der Waals surface area (Å²) in [6, 6.07) is 8.66. The fourth-order valence-electron chi connectivity index (χ4n) is 2.88. The van der Waals surface area contributed by atoms with Gasteiger partial charge in [-0.15, -0.1) is 0 Å². The van der Waals surface area contributed by atoms with Gasteiger partial charge in [0.05, 0.1) is 0 Å². The van der Waals surface area contributed by atoms with E-state index in [1.807, 2.05) is 30.3 Å². The third-order valence-corrected chi connectivity index (χ3v) is 4.30. The highest BCUT2D eigenvalue weighted by Gasteiger charge is 2.31. The van der Waals surface area contributed by atoms with Gasteiger partial charge in [-0.1, -0.05) is 12.1 Å². The summed E-state index contributed by atoms with van der Waals surface area (Å²) in [5.41, 5.74) is 7.36. The van der Waals surface area contributed by atoms with E-state index in [2.05, 4.69) is 10.2 Å². The largest absolute Gasteiger partial charge is 0.399 e. The van der Waals surface area contributed by atoms with E-state index in [1.54, 1.807) is 6.08 Å². The highest BCUT2D eigenvalue weighted by molar-refractivity contribution is 5.91. The number of nitrogens with one attached hydrogen (secondary N) is 1. The van der Waals surface area contributed by atoms with Crippen molar-refractivity contribution in [1.29, 1.82) is 0 Å². The Kier molecular flexibility index (Phi) is 4.25. The fraction of sp³-hybridized carbons (Fsp3) is 0.471. The minimum Gasteiger partial charge on any atom is -0.399 e. The van der Waals surface area contributed by atoms with Crippen molar-refractivity contribution < 1.29 is 4.79 Å². The Morgan fingerprint density at radius 1 is 1.14 bits per heavy atom. The normalized spacial score (nSPS) is 20.8. The molecule has 1 saturated carbocycles. The summed E-state index contributed by atoms with van der Waals surface area (Å²) in [7, 11) is 0. The molecular formula is C17H23N3O. The molecule has 0 bridgehead atoms. The summed E-state index contributed by atoms with van der Waals surface area (Å²) in [5.74, 6) is -0.00306. The van der Waals surface area contributed by atoms with Gasteiger partial charge in [0.2, 0.25) is 5.91 Å². The minimum absolute atomic E-state index is 0.00306. The Bertz CT molecular complexity index is 511. The van der Waals surface area contributed by atoms with Crippen LogP contribution in [0.5, 0.6) is 0 Å². The molecule has 1 aromatic carbocycles. The maximum atomic E-state index is 11.9. The van der Waals surface area contributed by atoms with E-state index in [9.17, 15) is 4.79 Å². The summed E-state index contributed by atoms with van der Waals surface area (Å²) in [6.07, 6.45) is 8.30. The Balaban J connectivity index is 1.44. The van der Waals surface area contributed by atoms with Crippen molar-refractivity contribution in [3.63, 3.8) is 0 Å². The summed E-state index contributed by atoms with van der Waals surface area (Å²) < 4.78 is 0. The van der Waals surface area contributed by atoms with E-state index in [-0.39, 0.29) is 5.91 Å². The van der Waals surface area contributed by atoms with Crippen LogP contribution < -0.4 is 11.1 Å². The molecule has 0 spiro atoms. The third-order valence-electron chi connectivity index (χ3n) is 4.30. The Hall–Kier alpha value is -1.81. The number of anilines is 1. The fourth-order valence-corrected chi connectivity index (χ4v) is 2.88. The van der Waals surface area contributed by atoms with Crippen LogP contribution >= 0.6 is 0 Å². The Morgan fingerprint density at radius 3 is 2.43 bits per heavy atom. The number of benzene rings is 1. The van der Waals surface area contributed by atoms with Gasteiger partial charge in [-0.2, -0.15) is 0 Å². The van der Waals surface area contributed by atoms with Crippen molar-refractivity contribution in [3.8, 4) is 0 Å². The van der Waals surface area contributed by atoms with Gasteiger partial charge < -0.3 is 16.0 Å². The van der Waals surface area contributed by atoms with Crippen molar-refractivity contribution in [2.24, 2.45) is 0 Å². The Labute approximate surface area is 126 Å². The van der Waals surface area contributed by atoms with E-state index in [1.165, 1.54) is 12.8 Å². The van der Waals surface area contributed by atoms with Crippen LogP contribution in [0.15, 0.2) is 30.3 Å². The summed E-state index contributed by atoms with van der Waals surface area (Å²) in [6.45, 7) is 2.24. The quantitative estimate of drug-likeness (QED) is 0.657. The number of hydrogen-bond acceptors (Lipinski definition) is 3. The molecule has 2 aliphatic rings. The summed E-state index contributed by atoms with van der Waals surface area (Å²) in [4.78, 5) is 14.5. The van der Waals surface area contributed by atoms with Crippen molar-refractivity contribution in [1.82, 2.24) is 10.2 Å². The maximum Gasteiger partial charge on any atom is 0.244 e. The highest BCUT2D eigenvalue weighted by Crippen LogP contribution is 2.29. The number of carbonyl (C=O) groups is 1. The molecule has 0 unspecified atom stereocenters. The predicted molar refractivity (Wildman–Crippen MR) is 85.6 cm³/mol. The minimum atomic E-state index is -0.00306. The topological polar surface area (TPSA) is 58.4 Å². The van der Waals surface area contributed by atoms with Crippen molar-refractivity contribution in [2.75, 3.05) is 18.8 Å². The zero-order valence-corrected chi connectivity index (χ0v) is 12.3. The second-order valence-electron chi connectivity index (χ2n) is 6.05. The van der Waals surface area contributed by atoms with Gasteiger partial charge in [-0.05, 0) is 49.5 Å². The number of hydrogen-bond donors (Lipinski definition) is 2. The number of likely N-dealkylation sites (tertiary alicyclic amines) is 1. The number of rotatable bonds is 4. The van der Waals surface area contributed by atoms with Gasteiger partial charge >= 0.3 is 0 Å². The first-order chi connectivity index (χ1) is 10.2. The van der Waals surface area contributed by atoms with Crippen LogP contribution in [0.4, 0.5) is 5.69 Å². The molecule has 4 nitrogen and oxygen atoms in total. The van der Waals surface area contributed by atoms with Gasteiger partial charge in [0.25, 0.3) is 0 Å². The lowest BCUT2D eigenvalue weighted by Crippen LogP contribution is -2.44. The molecule has 1 aliphatic heterocycles. The standard InChI is InChI=1S/C17H23N3O/c18-14-4-1-13(2-5-14)3-8-17(21)19-15-9-11-20(12-10-15)16-6-7-16/h1-5,8,15-16H,6-7,9-12,18H2,(H,19,21)/b8-3+. The zero-order chi connectivity index (χ0) is 14.7. The number of nitrogens with zero attached hydrogens (tertiary/aromatic N) is 1. The summed E-state index contributed by atoms with van der Waals surface area (Å²) in [5, 5.41) is 3.10. The molecule has 3 rings (SSSR count). The number of nitrogens with two attached hydrogens (primary N) is 1. The van der Waals surface area contributed by atoms with Crippen LogP contribution in [-0.2, 0) is 4.79 Å². The van der Waals surface area contributed by atoms with E-state index >= 15 is 0 Å². The zero-order valence-electron chi connectivity index (χ0n) is 12.3. The SMILES string of the molecule is Nc1ccc(/C=C/C(=O)NC2CCN(C3CC3)CC2)cc1. The first-order valence-corrected chi connectivity index (χ1v) is 7.79. The number of amides is 1. The van der Waals surface area contributed by atoms with E-state index in [0.29, 0.717) is 6.04 Å². The van der Waals surface area contributed by atoms with Gasteiger partial charge in [0.1, 0.15) is 0 Å². The summed E-state index contributed by atoms with van der Waals surface area (Å²) >= 11 is 0. The molecule has 1 aromatic rings. The molecule has 4 heteroatoms. The average molecular weight is 285 g/mol. The smallest absolute Gasteiger partial charge is 0.244 e. The van der Waals surface area contributed by atoms with Crippen LogP contribution in [0.25, 0.3) is 6.08 Å². The predicted octanol–water partition coefficient (Wildman–Crippen LogP) is 2.02. The van der Waals surface area contributed by atoms with Gasteiger partial charge in [0, 0.05) is 36.9 Å². The number of nitrogen functional groups attached to an aromatic ring is 1. The van der Waals surface area contributed by atoms with Crippen molar-refractivity contribution in [2.45, 2.75) is 37.8 Å². The number of piperidine rings is 1. The van der Waals surface area contributed by atoms with E-state index in [4.69, 9.17) is 5.73 Å². The van der Waals surface area contributed by atoms with Gasteiger partial charge in [-0.3, -0.25) is 4.79 Å². The highest BCUT2D eigenvalue weighted by atomic mass is 16.1. The first kappa shape index (κ1) is 14.1. The third kappa shape index (κ3) is 4.08. The first-order valence-electron chi connectivity index (χ1n) is 7.79. The lowest BCUT2D eigenvalue weighted by molar-refractivity contribution is -0.117. The molecular weight excluding hydrogens is 262 g/mol.